The molecule has 0 N–H and O–H groups in total. The zero-order valence-electron chi connectivity index (χ0n) is 17.1. The van der Waals surface area contributed by atoms with Gasteiger partial charge in [-0.1, -0.05) is 44.5 Å². The molecule has 0 bridgehead atoms. The normalized spacial score (nSPS) is 19.1. The van der Waals surface area contributed by atoms with Gasteiger partial charge in [0.1, 0.15) is 6.20 Å². The predicted octanol–water partition coefficient (Wildman–Crippen LogP) is 3.16. The third-order valence-corrected chi connectivity index (χ3v) is 5.35. The number of carbonyl (C=O) groups is 2. The Bertz CT molecular complexity index is 1030. The molecule has 146 valence electrons. The zero-order chi connectivity index (χ0) is 20.4. The summed E-state index contributed by atoms with van der Waals surface area (Å²) in [7, 11) is 1.65. The van der Waals surface area contributed by atoms with Crippen LogP contribution in [0.1, 0.15) is 49.3 Å². The lowest BCUT2D eigenvalue weighted by atomic mass is 9.94. The van der Waals surface area contributed by atoms with E-state index in [1.165, 1.54) is 9.80 Å². The molecule has 28 heavy (non-hydrogen) atoms. The van der Waals surface area contributed by atoms with Gasteiger partial charge in [0.05, 0.1) is 6.54 Å². The first-order valence-electron chi connectivity index (χ1n) is 9.37. The lowest BCUT2D eigenvalue weighted by Gasteiger charge is -2.32. The number of hydrogen-bond donors (Lipinski definition) is 0. The lowest BCUT2D eigenvalue weighted by Crippen LogP contribution is -2.62. The summed E-state index contributed by atoms with van der Waals surface area (Å²) in [5, 5.41) is 0. The average molecular weight is 381 g/mol. The quantitative estimate of drug-likeness (QED) is 0.751. The van der Waals surface area contributed by atoms with Gasteiger partial charge < -0.3 is 4.42 Å². The van der Waals surface area contributed by atoms with Crippen LogP contribution < -0.4 is 4.57 Å². The van der Waals surface area contributed by atoms with Gasteiger partial charge in [0.15, 0.2) is 5.76 Å². The van der Waals surface area contributed by atoms with Gasteiger partial charge in [0, 0.05) is 17.5 Å². The SMILES string of the molecule is Cc1ccc(C)c(CN2C(=O)C3C(=Nc4oc(C(C)(C)C)c[n+]43)N(C)C2=O)c1. The van der Waals surface area contributed by atoms with Crippen molar-refractivity contribution in [3.63, 3.8) is 0 Å². The first-order valence-corrected chi connectivity index (χ1v) is 9.37. The van der Waals surface area contributed by atoms with Crippen LogP contribution in [0.2, 0.25) is 0 Å². The van der Waals surface area contributed by atoms with Crippen molar-refractivity contribution >= 4 is 23.8 Å². The van der Waals surface area contributed by atoms with Crippen molar-refractivity contribution < 1.29 is 18.6 Å². The van der Waals surface area contributed by atoms with E-state index in [0.717, 1.165) is 22.5 Å². The number of rotatable bonds is 2. The fourth-order valence-corrected chi connectivity index (χ4v) is 3.55. The van der Waals surface area contributed by atoms with Crippen LogP contribution in [-0.4, -0.2) is 34.6 Å². The highest BCUT2D eigenvalue weighted by Crippen LogP contribution is 2.33. The molecule has 1 unspecified atom stereocenters. The van der Waals surface area contributed by atoms with Crippen LogP contribution >= 0.6 is 0 Å². The summed E-state index contributed by atoms with van der Waals surface area (Å²) in [5.41, 5.74) is 2.90. The highest BCUT2D eigenvalue weighted by atomic mass is 16.4. The minimum atomic E-state index is -0.678. The Labute approximate surface area is 164 Å². The van der Waals surface area contributed by atoms with Gasteiger partial charge in [-0.25, -0.2) is 4.79 Å². The van der Waals surface area contributed by atoms with Gasteiger partial charge >= 0.3 is 12.0 Å². The molecule has 2 aromatic rings. The largest absolute Gasteiger partial charge is 0.506 e. The van der Waals surface area contributed by atoms with E-state index in [9.17, 15) is 9.59 Å². The Morgan fingerprint density at radius 1 is 1.21 bits per heavy atom. The molecule has 2 aliphatic rings. The molecule has 7 heteroatoms. The van der Waals surface area contributed by atoms with Crippen LogP contribution in [0, 0.1) is 13.8 Å². The molecular weight excluding hydrogens is 356 g/mol. The zero-order valence-corrected chi connectivity index (χ0v) is 17.1. The third-order valence-electron chi connectivity index (χ3n) is 5.35. The molecule has 7 nitrogen and oxygen atoms in total. The molecule has 4 rings (SSSR count). The first-order chi connectivity index (χ1) is 13.1. The predicted molar refractivity (Wildman–Crippen MR) is 103 cm³/mol. The maximum atomic E-state index is 13.3. The van der Waals surface area contributed by atoms with Crippen LogP contribution in [0.4, 0.5) is 10.8 Å². The highest BCUT2D eigenvalue weighted by molar-refractivity contribution is 6.18. The van der Waals surface area contributed by atoms with Crippen LogP contribution in [0.15, 0.2) is 33.8 Å². The van der Waals surface area contributed by atoms with E-state index < -0.39 is 6.04 Å². The molecule has 1 aromatic heterocycles. The average Bonchev–Trinajstić information content (AvgIpc) is 3.17. The summed E-state index contributed by atoms with van der Waals surface area (Å²) < 4.78 is 7.60. The minimum absolute atomic E-state index is 0.204. The number of nitrogens with zero attached hydrogens (tertiary/aromatic N) is 4. The van der Waals surface area contributed by atoms with Crippen molar-refractivity contribution in [2.45, 2.75) is 52.6 Å². The fourth-order valence-electron chi connectivity index (χ4n) is 3.55. The molecule has 1 saturated heterocycles. The van der Waals surface area contributed by atoms with Crippen molar-refractivity contribution in [1.29, 1.82) is 0 Å². The lowest BCUT2D eigenvalue weighted by molar-refractivity contribution is -0.679. The van der Waals surface area contributed by atoms with Crippen molar-refractivity contribution in [2.75, 3.05) is 7.05 Å². The molecule has 0 spiro atoms. The summed E-state index contributed by atoms with van der Waals surface area (Å²) in [5.74, 6) is 0.873. The van der Waals surface area contributed by atoms with Gasteiger partial charge in [-0.05, 0) is 25.0 Å². The molecule has 1 aromatic carbocycles. The molecule has 1 fully saturated rings. The minimum Gasteiger partial charge on any atom is -0.389 e. The summed E-state index contributed by atoms with van der Waals surface area (Å²) in [6.07, 6.45) is 1.83. The van der Waals surface area contributed by atoms with Gasteiger partial charge in [0.2, 0.25) is 0 Å². The number of oxazole rings is 1. The Kier molecular flexibility index (Phi) is 3.96. The van der Waals surface area contributed by atoms with E-state index in [1.807, 2.05) is 59.0 Å². The number of benzene rings is 1. The van der Waals surface area contributed by atoms with Gasteiger partial charge in [-0.15, -0.1) is 0 Å². The van der Waals surface area contributed by atoms with E-state index in [-0.39, 0.29) is 23.9 Å². The van der Waals surface area contributed by atoms with Crippen molar-refractivity contribution in [3.05, 3.63) is 46.8 Å². The number of aliphatic imine (C=N–C) groups is 1. The van der Waals surface area contributed by atoms with E-state index >= 15 is 0 Å². The molecule has 2 aliphatic heterocycles. The number of amides is 3. The van der Waals surface area contributed by atoms with Crippen molar-refractivity contribution in [1.82, 2.24) is 9.80 Å². The number of aromatic nitrogens is 1. The molecule has 3 amide bonds. The van der Waals surface area contributed by atoms with Crippen LogP contribution in [-0.2, 0) is 16.8 Å². The summed E-state index contributed by atoms with van der Waals surface area (Å²) >= 11 is 0. The number of fused-ring (bicyclic) bond motifs is 3. The number of amidine groups is 1. The maximum absolute atomic E-state index is 13.3. The molecular formula is C21H25N4O3+. The Morgan fingerprint density at radius 3 is 2.61 bits per heavy atom. The standard InChI is InChI=1S/C21H25N4O3/c1-12-7-8-13(2)14(9-12)10-25-18(26)16-17(23(6)20(25)27)22-19-24(16)11-15(28-19)21(3,4)5/h7-9,11,16H,10H2,1-6H3/q+1. The molecule has 0 radical (unpaired) electrons. The van der Waals surface area contributed by atoms with Crippen molar-refractivity contribution in [3.8, 4) is 0 Å². The molecule has 1 atom stereocenters. The number of imide groups is 1. The molecule has 0 saturated carbocycles. The number of aryl methyl sites for hydroxylation is 2. The van der Waals surface area contributed by atoms with Crippen LogP contribution in [0.25, 0.3) is 0 Å². The van der Waals surface area contributed by atoms with Gasteiger partial charge in [0.25, 0.3) is 17.8 Å². The number of hydrogen-bond acceptors (Lipinski definition) is 4. The molecule has 3 heterocycles. The Morgan fingerprint density at radius 2 is 1.93 bits per heavy atom. The topological polar surface area (TPSA) is 70.0 Å². The Balaban J connectivity index is 1.72. The fraction of sp³-hybridized carbons (Fsp3) is 0.429. The smallest absolute Gasteiger partial charge is 0.389 e. The van der Waals surface area contributed by atoms with Gasteiger partial charge in [-0.3, -0.25) is 14.6 Å². The Hall–Kier alpha value is -2.96. The summed E-state index contributed by atoms with van der Waals surface area (Å²) in [6.45, 7) is 10.3. The second-order valence-corrected chi connectivity index (χ2v) is 8.60. The van der Waals surface area contributed by atoms with E-state index in [0.29, 0.717) is 11.9 Å². The second-order valence-electron chi connectivity index (χ2n) is 8.60. The van der Waals surface area contributed by atoms with E-state index in [2.05, 4.69) is 4.99 Å². The number of urea groups is 1. The number of carbonyl (C=O) groups excluding carboxylic acids is 2. The van der Waals surface area contributed by atoms with Crippen LogP contribution in [0.5, 0.6) is 0 Å². The monoisotopic (exact) mass is 381 g/mol. The summed E-state index contributed by atoms with van der Waals surface area (Å²) in [4.78, 5) is 33.4. The second kappa shape index (κ2) is 6.02. The van der Waals surface area contributed by atoms with Crippen molar-refractivity contribution in [2.24, 2.45) is 4.99 Å². The van der Waals surface area contributed by atoms with E-state index in [1.54, 1.807) is 11.6 Å². The van der Waals surface area contributed by atoms with Gasteiger partial charge in [-0.2, -0.15) is 4.57 Å². The van der Waals surface area contributed by atoms with Crippen LogP contribution in [0.3, 0.4) is 0 Å². The third kappa shape index (κ3) is 2.73. The molecule has 0 aliphatic carbocycles. The van der Waals surface area contributed by atoms with E-state index in [4.69, 9.17) is 4.42 Å². The number of likely N-dealkylation sites (N-methyl/N-ethyl adjacent to an activating group) is 1. The maximum Gasteiger partial charge on any atom is 0.506 e. The first kappa shape index (κ1) is 18.4. The highest BCUT2D eigenvalue weighted by Gasteiger charge is 2.55. The summed E-state index contributed by atoms with van der Waals surface area (Å²) in [6, 6.07) is 5.35.